The molecule has 0 aliphatic rings. The van der Waals surface area contributed by atoms with Crippen molar-refractivity contribution in [1.82, 2.24) is 9.88 Å². The number of nitrogens with zero attached hydrogens (tertiary/aromatic N) is 1. The van der Waals surface area contributed by atoms with Crippen LogP contribution >= 0.6 is 0 Å². The zero-order valence-electron chi connectivity index (χ0n) is 8.96. The minimum absolute atomic E-state index is 0.299. The minimum atomic E-state index is -1.06. The van der Waals surface area contributed by atoms with Crippen LogP contribution in [0.5, 0.6) is 0 Å². The van der Waals surface area contributed by atoms with Crippen molar-refractivity contribution in [2.24, 2.45) is 0 Å². The predicted octanol–water partition coefficient (Wildman–Crippen LogP) is 0.753. The van der Waals surface area contributed by atoms with Crippen LogP contribution in [0.15, 0.2) is 6.07 Å². The van der Waals surface area contributed by atoms with Crippen LogP contribution in [0.3, 0.4) is 0 Å². The molecule has 1 aromatic heterocycles. The Morgan fingerprint density at radius 2 is 2.07 bits per heavy atom. The average Bonchev–Trinajstić information content (AvgIpc) is 2.42. The summed E-state index contributed by atoms with van der Waals surface area (Å²) in [6.07, 6.45) is -1.06. The van der Waals surface area contributed by atoms with E-state index in [0.29, 0.717) is 5.56 Å². The highest BCUT2D eigenvalue weighted by molar-refractivity contribution is 5.81. The first-order valence-corrected chi connectivity index (χ1v) is 4.49. The first-order valence-electron chi connectivity index (χ1n) is 4.49. The molecule has 1 amide bonds. The Balaban J connectivity index is 2.94. The molecule has 1 unspecified atom stereocenters. The first kappa shape index (κ1) is 10.8. The van der Waals surface area contributed by atoms with Gasteiger partial charge in [-0.3, -0.25) is 4.79 Å². The second-order valence-electron chi connectivity index (χ2n) is 3.67. The Kier molecular flexibility index (Phi) is 2.96. The van der Waals surface area contributed by atoms with Crippen LogP contribution in [0.1, 0.15) is 23.1 Å². The molecular formula is C10H16N2O2. The van der Waals surface area contributed by atoms with Crippen molar-refractivity contribution in [2.45, 2.75) is 20.0 Å². The third-order valence-electron chi connectivity index (χ3n) is 2.16. The van der Waals surface area contributed by atoms with E-state index in [-0.39, 0.29) is 5.91 Å². The number of carbonyl (C=O) groups is 1. The van der Waals surface area contributed by atoms with E-state index in [1.165, 1.54) is 4.90 Å². The standard InChI is InChI=1S/C10H16N2O2/c1-6-5-8(7(2)11-6)9(13)10(14)12(3)4/h5,9,11,13H,1-4H3. The molecule has 0 saturated carbocycles. The normalized spacial score (nSPS) is 12.6. The lowest BCUT2D eigenvalue weighted by atomic mass is 10.1. The smallest absolute Gasteiger partial charge is 0.255 e. The van der Waals surface area contributed by atoms with Gasteiger partial charge in [0, 0.05) is 31.0 Å². The van der Waals surface area contributed by atoms with Gasteiger partial charge in [0.2, 0.25) is 0 Å². The van der Waals surface area contributed by atoms with E-state index < -0.39 is 6.10 Å². The number of nitrogens with one attached hydrogen (secondary N) is 1. The van der Waals surface area contributed by atoms with Gasteiger partial charge in [0.15, 0.2) is 6.10 Å². The van der Waals surface area contributed by atoms with Crippen LogP contribution in [0, 0.1) is 13.8 Å². The van der Waals surface area contributed by atoms with Crippen molar-refractivity contribution < 1.29 is 9.90 Å². The Hall–Kier alpha value is -1.29. The van der Waals surface area contributed by atoms with Gasteiger partial charge in [0.1, 0.15) is 0 Å². The van der Waals surface area contributed by atoms with Crippen molar-refractivity contribution in [2.75, 3.05) is 14.1 Å². The maximum absolute atomic E-state index is 11.5. The summed E-state index contributed by atoms with van der Waals surface area (Å²) in [7, 11) is 3.25. The minimum Gasteiger partial charge on any atom is -0.378 e. The van der Waals surface area contributed by atoms with E-state index in [4.69, 9.17) is 0 Å². The second kappa shape index (κ2) is 3.84. The highest BCUT2D eigenvalue weighted by atomic mass is 16.3. The molecule has 78 valence electrons. The summed E-state index contributed by atoms with van der Waals surface area (Å²) in [6, 6.07) is 1.79. The zero-order valence-corrected chi connectivity index (χ0v) is 8.96. The molecule has 0 aliphatic heterocycles. The molecule has 0 spiro atoms. The Labute approximate surface area is 83.5 Å². The maximum Gasteiger partial charge on any atom is 0.255 e. The number of hydrogen-bond acceptors (Lipinski definition) is 2. The van der Waals surface area contributed by atoms with E-state index in [1.807, 2.05) is 13.8 Å². The number of hydrogen-bond donors (Lipinski definition) is 2. The molecule has 0 bridgehead atoms. The molecule has 4 nitrogen and oxygen atoms in total. The van der Waals surface area contributed by atoms with E-state index >= 15 is 0 Å². The number of amides is 1. The van der Waals surface area contributed by atoms with Crippen LogP contribution in [0.4, 0.5) is 0 Å². The Morgan fingerprint density at radius 3 is 2.43 bits per heavy atom. The van der Waals surface area contributed by atoms with E-state index in [0.717, 1.165) is 11.4 Å². The second-order valence-corrected chi connectivity index (χ2v) is 3.67. The fraction of sp³-hybridized carbons (Fsp3) is 0.500. The number of rotatable bonds is 2. The van der Waals surface area contributed by atoms with Crippen molar-refractivity contribution >= 4 is 5.91 Å². The quantitative estimate of drug-likeness (QED) is 0.733. The van der Waals surface area contributed by atoms with Gasteiger partial charge in [-0.15, -0.1) is 0 Å². The van der Waals surface area contributed by atoms with Gasteiger partial charge in [-0.05, 0) is 19.9 Å². The monoisotopic (exact) mass is 196 g/mol. The molecule has 4 heteroatoms. The van der Waals surface area contributed by atoms with E-state index in [1.54, 1.807) is 20.2 Å². The third kappa shape index (κ3) is 1.96. The van der Waals surface area contributed by atoms with E-state index in [2.05, 4.69) is 4.98 Å². The molecule has 14 heavy (non-hydrogen) atoms. The largest absolute Gasteiger partial charge is 0.378 e. The molecule has 1 atom stereocenters. The predicted molar refractivity (Wildman–Crippen MR) is 53.9 cm³/mol. The fourth-order valence-electron chi connectivity index (χ4n) is 1.41. The molecule has 1 aromatic rings. The fourth-order valence-corrected chi connectivity index (χ4v) is 1.41. The SMILES string of the molecule is Cc1cc(C(O)C(=O)N(C)C)c(C)[nH]1. The topological polar surface area (TPSA) is 56.3 Å². The van der Waals surface area contributed by atoms with Gasteiger partial charge in [-0.1, -0.05) is 0 Å². The van der Waals surface area contributed by atoms with Crippen molar-refractivity contribution in [3.05, 3.63) is 23.0 Å². The van der Waals surface area contributed by atoms with Gasteiger partial charge in [0.25, 0.3) is 5.91 Å². The molecule has 0 saturated heterocycles. The van der Waals surface area contributed by atoms with Crippen LogP contribution in [-0.4, -0.2) is 35.0 Å². The summed E-state index contributed by atoms with van der Waals surface area (Å²) >= 11 is 0. The number of H-pyrrole nitrogens is 1. The van der Waals surface area contributed by atoms with Crippen LogP contribution in [0.2, 0.25) is 0 Å². The summed E-state index contributed by atoms with van der Waals surface area (Å²) in [5.74, 6) is -0.299. The summed E-state index contributed by atoms with van der Waals surface area (Å²) in [6.45, 7) is 3.73. The molecule has 0 aliphatic carbocycles. The molecular weight excluding hydrogens is 180 g/mol. The van der Waals surface area contributed by atoms with Gasteiger partial charge >= 0.3 is 0 Å². The summed E-state index contributed by atoms with van der Waals surface area (Å²) in [5, 5.41) is 9.74. The number of aryl methyl sites for hydroxylation is 2. The van der Waals surface area contributed by atoms with Crippen molar-refractivity contribution in [3.8, 4) is 0 Å². The highest BCUT2D eigenvalue weighted by Crippen LogP contribution is 2.19. The van der Waals surface area contributed by atoms with Gasteiger partial charge in [0.05, 0.1) is 0 Å². The Bertz CT molecular complexity index is 342. The van der Waals surface area contributed by atoms with E-state index in [9.17, 15) is 9.90 Å². The lowest BCUT2D eigenvalue weighted by molar-refractivity contribution is -0.137. The molecule has 1 heterocycles. The van der Waals surface area contributed by atoms with Crippen LogP contribution in [0.25, 0.3) is 0 Å². The number of aliphatic hydroxyl groups excluding tert-OH is 1. The van der Waals surface area contributed by atoms with Crippen molar-refractivity contribution in [3.63, 3.8) is 0 Å². The molecule has 1 rings (SSSR count). The van der Waals surface area contributed by atoms with Gasteiger partial charge < -0.3 is 15.0 Å². The van der Waals surface area contributed by atoms with Crippen LogP contribution < -0.4 is 0 Å². The average molecular weight is 196 g/mol. The summed E-state index contributed by atoms with van der Waals surface area (Å²) in [4.78, 5) is 15.9. The third-order valence-corrected chi connectivity index (χ3v) is 2.16. The number of likely N-dealkylation sites (N-methyl/N-ethyl adjacent to an activating group) is 1. The van der Waals surface area contributed by atoms with Gasteiger partial charge in [-0.25, -0.2) is 0 Å². The number of aromatic nitrogens is 1. The lowest BCUT2D eigenvalue weighted by Crippen LogP contribution is -2.28. The lowest BCUT2D eigenvalue weighted by Gasteiger charge is -2.15. The highest BCUT2D eigenvalue weighted by Gasteiger charge is 2.21. The summed E-state index contributed by atoms with van der Waals surface area (Å²) < 4.78 is 0. The molecule has 0 aromatic carbocycles. The Morgan fingerprint density at radius 1 is 1.50 bits per heavy atom. The summed E-state index contributed by atoms with van der Waals surface area (Å²) in [5.41, 5.74) is 2.44. The maximum atomic E-state index is 11.5. The van der Waals surface area contributed by atoms with Crippen LogP contribution in [-0.2, 0) is 4.79 Å². The number of carbonyl (C=O) groups excluding carboxylic acids is 1. The zero-order chi connectivity index (χ0) is 10.9. The van der Waals surface area contributed by atoms with Gasteiger partial charge in [-0.2, -0.15) is 0 Å². The number of aliphatic hydroxyl groups is 1. The number of aromatic amines is 1. The molecule has 0 fully saturated rings. The molecule has 2 N–H and O–H groups in total. The first-order chi connectivity index (χ1) is 6.43. The molecule has 0 radical (unpaired) electrons. The van der Waals surface area contributed by atoms with Crippen molar-refractivity contribution in [1.29, 1.82) is 0 Å².